The smallest absolute Gasteiger partial charge is 0.231 e. The van der Waals surface area contributed by atoms with Crippen LogP contribution in [0.4, 0.5) is 0 Å². The molecule has 0 radical (unpaired) electrons. The van der Waals surface area contributed by atoms with E-state index in [4.69, 9.17) is 32.7 Å². The van der Waals surface area contributed by atoms with Gasteiger partial charge in [0, 0.05) is 12.6 Å². The van der Waals surface area contributed by atoms with Gasteiger partial charge in [-0.05, 0) is 48.7 Å². The van der Waals surface area contributed by atoms with Crippen LogP contribution in [0.2, 0.25) is 10.0 Å². The van der Waals surface area contributed by atoms with Crippen LogP contribution in [0.15, 0.2) is 36.1 Å². The lowest BCUT2D eigenvalue weighted by Gasteiger charge is -2.37. The molecule has 4 nitrogen and oxygen atoms in total. The molecule has 0 amide bonds. The number of hydrogen-bond acceptors (Lipinski definition) is 4. The van der Waals surface area contributed by atoms with Crippen LogP contribution in [-0.4, -0.2) is 23.5 Å². The van der Waals surface area contributed by atoms with Crippen molar-refractivity contribution in [1.29, 1.82) is 0 Å². The van der Waals surface area contributed by atoms with Crippen molar-refractivity contribution in [3.8, 4) is 11.5 Å². The van der Waals surface area contributed by atoms with E-state index in [-0.39, 0.29) is 5.78 Å². The summed E-state index contributed by atoms with van der Waals surface area (Å²) in [7, 11) is 0. The van der Waals surface area contributed by atoms with Gasteiger partial charge in [0.25, 0.3) is 0 Å². The molecule has 6 heteroatoms. The van der Waals surface area contributed by atoms with E-state index in [0.29, 0.717) is 39.9 Å². The molecule has 0 unspecified atom stereocenters. The van der Waals surface area contributed by atoms with Crippen LogP contribution in [0.1, 0.15) is 53.6 Å². The second-order valence-electron chi connectivity index (χ2n) is 7.84. The molecular formula is C23H21Cl2NO3. The molecule has 0 N–H and O–H groups in total. The quantitative estimate of drug-likeness (QED) is 0.540. The number of allylic oxidation sites excluding steroid dienone is 1. The zero-order valence-corrected chi connectivity index (χ0v) is 17.4. The van der Waals surface area contributed by atoms with Crippen molar-refractivity contribution in [2.75, 3.05) is 6.73 Å². The number of ether oxygens (including phenoxy) is 2. The summed E-state index contributed by atoms with van der Waals surface area (Å²) in [6.07, 6.45) is 7.97. The Balaban J connectivity index is 1.45. The summed E-state index contributed by atoms with van der Waals surface area (Å²) in [5, 5.41) is 0.919. The molecule has 0 saturated heterocycles. The van der Waals surface area contributed by atoms with Crippen LogP contribution in [0.25, 0.3) is 6.08 Å². The van der Waals surface area contributed by atoms with Gasteiger partial charge < -0.3 is 9.47 Å². The predicted octanol–water partition coefficient (Wildman–Crippen LogP) is 6.09. The number of carbonyl (C=O) groups excluding carboxylic acids is 1. The summed E-state index contributed by atoms with van der Waals surface area (Å²) in [5.74, 6) is 1.60. The summed E-state index contributed by atoms with van der Waals surface area (Å²) >= 11 is 12.1. The molecule has 1 fully saturated rings. The summed E-state index contributed by atoms with van der Waals surface area (Å²) in [4.78, 5) is 15.3. The minimum atomic E-state index is -0.122. The van der Waals surface area contributed by atoms with Gasteiger partial charge in [0.1, 0.15) is 18.2 Å². The highest BCUT2D eigenvalue weighted by Crippen LogP contribution is 2.43. The molecule has 2 aromatic rings. The minimum Gasteiger partial charge on any atom is -0.478 e. The van der Waals surface area contributed by atoms with Crippen LogP contribution in [0.5, 0.6) is 11.5 Å². The van der Waals surface area contributed by atoms with Crippen LogP contribution in [0.3, 0.4) is 0 Å². The number of fused-ring (bicyclic) bond motifs is 3. The number of ketones is 1. The van der Waals surface area contributed by atoms with Gasteiger partial charge >= 0.3 is 0 Å². The molecular weight excluding hydrogens is 409 g/mol. The maximum absolute atomic E-state index is 12.9. The van der Waals surface area contributed by atoms with E-state index in [1.54, 1.807) is 24.3 Å². The third kappa shape index (κ3) is 3.54. The average Bonchev–Trinajstić information content (AvgIpc) is 3.07. The number of carbonyl (C=O) groups is 1. The van der Waals surface area contributed by atoms with Gasteiger partial charge in [0.05, 0.1) is 21.2 Å². The van der Waals surface area contributed by atoms with E-state index in [1.165, 1.54) is 32.1 Å². The van der Waals surface area contributed by atoms with E-state index >= 15 is 0 Å². The van der Waals surface area contributed by atoms with Gasteiger partial charge in [-0.25, -0.2) is 0 Å². The molecule has 1 saturated carbocycles. The zero-order chi connectivity index (χ0) is 20.0. The summed E-state index contributed by atoms with van der Waals surface area (Å²) in [6, 6.07) is 9.46. The van der Waals surface area contributed by atoms with Gasteiger partial charge in [0.15, 0.2) is 5.76 Å². The monoisotopic (exact) mass is 429 g/mol. The standard InChI is InChI=1S/C23H21Cl2NO3/c24-18-8-6-14(10-19(18)25)11-21-22(27)16-7-9-20-17(23(16)29-21)12-26(13-28-20)15-4-2-1-3-5-15/h6-11,15H,1-5,12-13H2/b21-11+. The summed E-state index contributed by atoms with van der Waals surface area (Å²) < 4.78 is 12.1. The molecule has 3 aliphatic rings. The fraction of sp³-hybridized carbons (Fsp3) is 0.348. The number of hydrogen-bond donors (Lipinski definition) is 0. The molecule has 0 aromatic heterocycles. The zero-order valence-electron chi connectivity index (χ0n) is 15.9. The molecule has 0 atom stereocenters. The molecule has 29 heavy (non-hydrogen) atoms. The Morgan fingerprint density at radius 1 is 1.03 bits per heavy atom. The van der Waals surface area contributed by atoms with Crippen molar-refractivity contribution in [3.63, 3.8) is 0 Å². The van der Waals surface area contributed by atoms with E-state index in [1.807, 2.05) is 12.1 Å². The normalized spacial score (nSPS) is 20.9. The number of benzene rings is 2. The lowest BCUT2D eigenvalue weighted by Crippen LogP contribution is -2.41. The first kappa shape index (κ1) is 19.0. The Bertz CT molecular complexity index is 1010. The lowest BCUT2D eigenvalue weighted by molar-refractivity contribution is 0.0394. The Morgan fingerprint density at radius 3 is 2.66 bits per heavy atom. The molecule has 150 valence electrons. The minimum absolute atomic E-state index is 0.122. The molecule has 2 aliphatic heterocycles. The molecule has 2 aromatic carbocycles. The van der Waals surface area contributed by atoms with Gasteiger partial charge in [-0.15, -0.1) is 0 Å². The second kappa shape index (κ2) is 7.67. The average molecular weight is 430 g/mol. The number of nitrogens with zero attached hydrogens (tertiary/aromatic N) is 1. The van der Waals surface area contributed by atoms with E-state index in [0.717, 1.165) is 23.4 Å². The Kier molecular flexibility index (Phi) is 5.02. The molecule has 5 rings (SSSR count). The van der Waals surface area contributed by atoms with Gasteiger partial charge in [-0.1, -0.05) is 48.5 Å². The van der Waals surface area contributed by atoms with Gasteiger partial charge in [-0.3, -0.25) is 9.69 Å². The van der Waals surface area contributed by atoms with Crippen molar-refractivity contribution < 1.29 is 14.3 Å². The maximum atomic E-state index is 12.9. The molecule has 0 spiro atoms. The molecule has 0 bridgehead atoms. The fourth-order valence-corrected chi connectivity index (χ4v) is 4.72. The number of halogens is 2. The third-order valence-electron chi connectivity index (χ3n) is 5.98. The predicted molar refractivity (Wildman–Crippen MR) is 114 cm³/mol. The lowest BCUT2D eigenvalue weighted by atomic mass is 9.93. The van der Waals surface area contributed by atoms with Crippen LogP contribution in [0, 0.1) is 0 Å². The summed E-state index contributed by atoms with van der Waals surface area (Å²) in [6.45, 7) is 1.34. The van der Waals surface area contributed by atoms with E-state index in [2.05, 4.69) is 4.90 Å². The van der Waals surface area contributed by atoms with Crippen molar-refractivity contribution >= 4 is 35.1 Å². The molecule has 1 aliphatic carbocycles. The highest BCUT2D eigenvalue weighted by atomic mass is 35.5. The van der Waals surface area contributed by atoms with E-state index in [9.17, 15) is 4.79 Å². The second-order valence-corrected chi connectivity index (χ2v) is 8.66. The van der Waals surface area contributed by atoms with Crippen LogP contribution in [-0.2, 0) is 6.54 Å². The summed E-state index contributed by atoms with van der Waals surface area (Å²) in [5.41, 5.74) is 2.32. The van der Waals surface area contributed by atoms with Gasteiger partial charge in [-0.2, -0.15) is 0 Å². The Labute approximate surface area is 180 Å². The van der Waals surface area contributed by atoms with Crippen molar-refractivity contribution in [2.45, 2.75) is 44.7 Å². The first-order valence-electron chi connectivity index (χ1n) is 10.0. The highest BCUT2D eigenvalue weighted by Gasteiger charge is 2.35. The Morgan fingerprint density at radius 2 is 1.86 bits per heavy atom. The van der Waals surface area contributed by atoms with Gasteiger partial charge in [0.2, 0.25) is 5.78 Å². The number of rotatable bonds is 2. The van der Waals surface area contributed by atoms with Crippen molar-refractivity contribution in [3.05, 3.63) is 62.8 Å². The molecule has 2 heterocycles. The van der Waals surface area contributed by atoms with E-state index < -0.39 is 0 Å². The first-order valence-corrected chi connectivity index (χ1v) is 10.8. The number of Topliss-reactive ketones (excluding diaryl/α,β-unsaturated/α-hetero) is 1. The third-order valence-corrected chi connectivity index (χ3v) is 6.72. The maximum Gasteiger partial charge on any atom is 0.231 e. The van der Waals surface area contributed by atoms with Crippen molar-refractivity contribution in [2.24, 2.45) is 0 Å². The first-order chi connectivity index (χ1) is 14.1. The van der Waals surface area contributed by atoms with Crippen LogP contribution < -0.4 is 9.47 Å². The fourth-order valence-electron chi connectivity index (χ4n) is 4.41. The van der Waals surface area contributed by atoms with Crippen molar-refractivity contribution in [1.82, 2.24) is 4.90 Å². The Hall–Kier alpha value is -2.01. The largest absolute Gasteiger partial charge is 0.478 e. The van der Waals surface area contributed by atoms with Crippen LogP contribution >= 0.6 is 23.2 Å². The highest BCUT2D eigenvalue weighted by molar-refractivity contribution is 6.42. The topological polar surface area (TPSA) is 38.8 Å². The SMILES string of the molecule is O=C1/C(=C\c2ccc(Cl)c(Cl)c2)Oc2c1ccc1c2CN(C2CCCCC2)CO1.